The van der Waals surface area contributed by atoms with Gasteiger partial charge in [-0.2, -0.15) is 0 Å². The fourth-order valence-electron chi connectivity index (χ4n) is 2.70. The van der Waals surface area contributed by atoms with Gasteiger partial charge in [-0.25, -0.2) is 0 Å². The summed E-state index contributed by atoms with van der Waals surface area (Å²) in [6.45, 7) is 0. The van der Waals surface area contributed by atoms with Crippen LogP contribution in [0.25, 0.3) is 0 Å². The molecule has 102 valence electrons. The van der Waals surface area contributed by atoms with E-state index in [9.17, 15) is 9.00 Å². The minimum absolute atomic E-state index is 0.178. The first-order chi connectivity index (χ1) is 9.75. The second-order valence-corrected chi connectivity index (χ2v) is 6.87. The van der Waals surface area contributed by atoms with Gasteiger partial charge in [-0.15, -0.1) is 0 Å². The number of Topliss-reactive ketones (excluding diaryl/α,β-unsaturated/α-hetero) is 1. The molecule has 2 atom stereocenters. The highest BCUT2D eigenvalue weighted by molar-refractivity contribution is 7.85. The van der Waals surface area contributed by atoms with Crippen LogP contribution in [0, 0.1) is 0 Å². The fourth-order valence-corrected chi connectivity index (χ4v) is 4.65. The number of hydrogen-bond donors (Lipinski definition) is 0. The Hall–Kier alpha value is -1.74. The SMILES string of the molecule is O=C1CC(c2ccccc2)S(=O)C(c2ccccc2)C1. The van der Waals surface area contributed by atoms with E-state index in [2.05, 4.69) is 0 Å². The van der Waals surface area contributed by atoms with Gasteiger partial charge in [0.2, 0.25) is 0 Å². The van der Waals surface area contributed by atoms with Gasteiger partial charge >= 0.3 is 0 Å². The van der Waals surface area contributed by atoms with Crippen LogP contribution in [0.1, 0.15) is 34.5 Å². The van der Waals surface area contributed by atoms with Gasteiger partial charge in [-0.3, -0.25) is 9.00 Å². The van der Waals surface area contributed by atoms with E-state index in [1.165, 1.54) is 0 Å². The van der Waals surface area contributed by atoms with Gasteiger partial charge in [0, 0.05) is 23.6 Å². The van der Waals surface area contributed by atoms with Crippen LogP contribution in [0.2, 0.25) is 0 Å². The van der Waals surface area contributed by atoms with Crippen LogP contribution in [0.3, 0.4) is 0 Å². The van der Waals surface area contributed by atoms with Crippen molar-refractivity contribution < 1.29 is 9.00 Å². The molecule has 2 nitrogen and oxygen atoms in total. The maximum atomic E-state index is 12.8. The lowest BCUT2D eigenvalue weighted by molar-refractivity contribution is -0.119. The van der Waals surface area contributed by atoms with Crippen LogP contribution >= 0.6 is 0 Å². The summed E-state index contributed by atoms with van der Waals surface area (Å²) < 4.78 is 12.8. The van der Waals surface area contributed by atoms with Crippen molar-refractivity contribution in [2.45, 2.75) is 23.3 Å². The largest absolute Gasteiger partial charge is 0.300 e. The standard InChI is InChI=1S/C17H16O2S/c18-15-11-16(13-7-3-1-4-8-13)20(19)17(12-15)14-9-5-2-6-10-14/h1-10,16-17H,11-12H2. The molecule has 20 heavy (non-hydrogen) atoms. The molecule has 0 N–H and O–H groups in total. The van der Waals surface area contributed by atoms with E-state index in [1.54, 1.807) is 0 Å². The van der Waals surface area contributed by atoms with Crippen molar-refractivity contribution in [1.82, 2.24) is 0 Å². The Labute approximate surface area is 121 Å². The molecular formula is C17H16O2S. The number of rotatable bonds is 2. The van der Waals surface area contributed by atoms with Crippen LogP contribution in [0.5, 0.6) is 0 Å². The molecule has 0 aromatic heterocycles. The summed E-state index contributed by atoms with van der Waals surface area (Å²) in [5, 5.41) is -0.356. The molecule has 1 heterocycles. The molecule has 0 saturated carbocycles. The number of ketones is 1. The van der Waals surface area contributed by atoms with Gasteiger partial charge in [0.25, 0.3) is 0 Å². The first-order valence-electron chi connectivity index (χ1n) is 6.76. The lowest BCUT2D eigenvalue weighted by atomic mass is 10.0. The first kappa shape index (κ1) is 13.3. The normalized spacial score (nSPS) is 26.4. The zero-order valence-corrected chi connectivity index (χ0v) is 11.9. The van der Waals surface area contributed by atoms with Crippen LogP contribution in [-0.4, -0.2) is 9.99 Å². The van der Waals surface area contributed by atoms with Crippen LogP contribution < -0.4 is 0 Å². The highest BCUT2D eigenvalue weighted by Gasteiger charge is 2.35. The van der Waals surface area contributed by atoms with E-state index < -0.39 is 10.8 Å². The van der Waals surface area contributed by atoms with Gasteiger partial charge in [0.15, 0.2) is 0 Å². The molecule has 0 aliphatic carbocycles. The quantitative estimate of drug-likeness (QED) is 0.844. The van der Waals surface area contributed by atoms with Crippen molar-refractivity contribution >= 4 is 16.6 Å². The highest BCUT2D eigenvalue weighted by Crippen LogP contribution is 2.40. The van der Waals surface area contributed by atoms with Crippen LogP contribution in [0.4, 0.5) is 0 Å². The zero-order valence-electron chi connectivity index (χ0n) is 11.1. The van der Waals surface area contributed by atoms with Gasteiger partial charge in [-0.05, 0) is 11.1 Å². The Kier molecular flexibility index (Phi) is 3.79. The van der Waals surface area contributed by atoms with E-state index in [1.807, 2.05) is 60.7 Å². The van der Waals surface area contributed by atoms with Crippen molar-refractivity contribution in [3.8, 4) is 0 Å². The van der Waals surface area contributed by atoms with Gasteiger partial charge in [-0.1, -0.05) is 60.7 Å². The lowest BCUT2D eigenvalue weighted by Crippen LogP contribution is -2.25. The van der Waals surface area contributed by atoms with Crippen LogP contribution in [-0.2, 0) is 15.6 Å². The molecule has 1 saturated heterocycles. The molecule has 1 aliphatic rings. The second kappa shape index (κ2) is 5.71. The van der Waals surface area contributed by atoms with E-state index in [4.69, 9.17) is 0 Å². The highest BCUT2D eigenvalue weighted by atomic mass is 32.2. The summed E-state index contributed by atoms with van der Waals surface area (Å²) in [6, 6.07) is 19.5. The fraction of sp³-hybridized carbons (Fsp3) is 0.235. The predicted molar refractivity (Wildman–Crippen MR) is 80.7 cm³/mol. The number of benzene rings is 2. The van der Waals surface area contributed by atoms with E-state index in [0.29, 0.717) is 12.8 Å². The summed E-state index contributed by atoms with van der Waals surface area (Å²) in [4.78, 5) is 12.0. The lowest BCUT2D eigenvalue weighted by Gasteiger charge is -2.28. The van der Waals surface area contributed by atoms with Crippen LogP contribution in [0.15, 0.2) is 60.7 Å². The third-order valence-corrected chi connectivity index (χ3v) is 5.73. The van der Waals surface area contributed by atoms with E-state index in [-0.39, 0.29) is 16.3 Å². The number of carbonyl (C=O) groups excluding carboxylic acids is 1. The van der Waals surface area contributed by atoms with E-state index in [0.717, 1.165) is 11.1 Å². The van der Waals surface area contributed by atoms with Gasteiger partial charge in [0.1, 0.15) is 5.78 Å². The van der Waals surface area contributed by atoms with Crippen molar-refractivity contribution in [2.75, 3.05) is 0 Å². The molecule has 2 unspecified atom stereocenters. The smallest absolute Gasteiger partial charge is 0.135 e. The maximum Gasteiger partial charge on any atom is 0.135 e. The Bertz CT molecular complexity index is 568. The summed E-state index contributed by atoms with van der Waals surface area (Å²) in [5.74, 6) is 0.201. The average Bonchev–Trinajstić information content (AvgIpc) is 2.51. The molecule has 1 aliphatic heterocycles. The molecule has 3 heteroatoms. The van der Waals surface area contributed by atoms with Gasteiger partial charge in [0.05, 0.1) is 10.5 Å². The molecule has 0 radical (unpaired) electrons. The summed E-state index contributed by atoms with van der Waals surface area (Å²) in [7, 11) is -1.06. The van der Waals surface area contributed by atoms with Crippen molar-refractivity contribution in [1.29, 1.82) is 0 Å². The molecule has 2 aromatic carbocycles. The first-order valence-corrected chi connectivity index (χ1v) is 8.04. The molecule has 2 aromatic rings. The second-order valence-electron chi connectivity index (χ2n) is 5.07. The molecule has 0 spiro atoms. The Morgan fingerprint density at radius 2 is 1.15 bits per heavy atom. The third-order valence-electron chi connectivity index (χ3n) is 3.73. The third kappa shape index (κ3) is 2.59. The molecule has 1 fully saturated rings. The minimum Gasteiger partial charge on any atom is -0.300 e. The van der Waals surface area contributed by atoms with Crippen molar-refractivity contribution in [2.24, 2.45) is 0 Å². The average molecular weight is 284 g/mol. The Balaban J connectivity index is 1.94. The summed E-state index contributed by atoms with van der Waals surface area (Å²) in [6.07, 6.45) is 0.778. The summed E-state index contributed by atoms with van der Waals surface area (Å²) in [5.41, 5.74) is 2.00. The van der Waals surface area contributed by atoms with Gasteiger partial charge < -0.3 is 0 Å². The maximum absolute atomic E-state index is 12.8. The Morgan fingerprint density at radius 1 is 0.750 bits per heavy atom. The zero-order chi connectivity index (χ0) is 13.9. The van der Waals surface area contributed by atoms with E-state index >= 15 is 0 Å². The molecular weight excluding hydrogens is 268 g/mol. The number of hydrogen-bond acceptors (Lipinski definition) is 2. The predicted octanol–water partition coefficient (Wildman–Crippen LogP) is 3.58. The molecule has 0 amide bonds. The monoisotopic (exact) mass is 284 g/mol. The summed E-state index contributed by atoms with van der Waals surface area (Å²) >= 11 is 0. The van der Waals surface area contributed by atoms with Crippen molar-refractivity contribution in [3.63, 3.8) is 0 Å². The molecule has 3 rings (SSSR count). The minimum atomic E-state index is -1.06. The Morgan fingerprint density at radius 3 is 1.55 bits per heavy atom. The van der Waals surface area contributed by atoms with Crippen molar-refractivity contribution in [3.05, 3.63) is 71.8 Å². The number of carbonyl (C=O) groups is 1. The topological polar surface area (TPSA) is 34.1 Å². The molecule has 0 bridgehead atoms.